The van der Waals surface area contributed by atoms with Gasteiger partial charge >= 0.3 is 0 Å². The molecule has 90 valence electrons. The molecule has 1 aromatic carbocycles. The number of Topliss-reactive ketones (excluding diaryl/α,β-unsaturated/α-hetero) is 1. The highest BCUT2D eigenvalue weighted by molar-refractivity contribution is 6.68. The Morgan fingerprint density at radius 3 is 2.18 bits per heavy atom. The topological polar surface area (TPSA) is 34.1 Å². The van der Waals surface area contributed by atoms with Crippen LogP contribution in [0.25, 0.3) is 0 Å². The fourth-order valence-electron chi connectivity index (χ4n) is 2.45. The number of rotatable bonds is 3. The average Bonchev–Trinajstić information content (AvgIpc) is 2.39. The molecule has 0 saturated heterocycles. The quantitative estimate of drug-likeness (QED) is 0.604. The molecule has 0 heterocycles. The second-order valence-corrected chi connectivity index (χ2v) is 4.86. The second kappa shape index (κ2) is 5.46. The molecule has 3 heteroatoms. The first-order valence-electron chi connectivity index (χ1n) is 6.03. The molecule has 0 amide bonds. The Labute approximate surface area is 106 Å². The summed E-state index contributed by atoms with van der Waals surface area (Å²) in [6.45, 7) is 0. The molecule has 0 unspecified atom stereocenters. The van der Waals surface area contributed by atoms with E-state index in [1.165, 1.54) is 6.42 Å². The summed E-state index contributed by atoms with van der Waals surface area (Å²) >= 11 is 5.50. The monoisotopic (exact) mass is 250 g/mol. The average molecular weight is 251 g/mol. The third-order valence-electron chi connectivity index (χ3n) is 3.38. The van der Waals surface area contributed by atoms with Crippen molar-refractivity contribution in [2.24, 2.45) is 5.92 Å². The molecule has 17 heavy (non-hydrogen) atoms. The van der Waals surface area contributed by atoms with Crippen molar-refractivity contribution >= 4 is 22.6 Å². The molecule has 1 aromatic rings. The highest BCUT2D eigenvalue weighted by Crippen LogP contribution is 2.28. The van der Waals surface area contributed by atoms with E-state index in [2.05, 4.69) is 0 Å². The molecule has 1 aliphatic rings. The molecule has 0 aromatic heterocycles. The van der Waals surface area contributed by atoms with Crippen LogP contribution in [0.2, 0.25) is 0 Å². The minimum Gasteiger partial charge on any atom is -0.294 e. The predicted octanol–water partition coefficient (Wildman–Crippen LogP) is 3.83. The fraction of sp³-hybridized carbons (Fsp3) is 0.429. The van der Waals surface area contributed by atoms with Gasteiger partial charge in [-0.3, -0.25) is 9.59 Å². The summed E-state index contributed by atoms with van der Waals surface area (Å²) in [6, 6.07) is 6.82. The molecular formula is C14H15ClO2. The van der Waals surface area contributed by atoms with Crippen molar-refractivity contribution in [1.82, 2.24) is 0 Å². The van der Waals surface area contributed by atoms with Crippen molar-refractivity contribution in [2.75, 3.05) is 0 Å². The molecule has 0 spiro atoms. The smallest absolute Gasteiger partial charge is 0.253 e. The number of benzene rings is 1. The number of hydrogen-bond donors (Lipinski definition) is 0. The maximum atomic E-state index is 12.3. The summed E-state index contributed by atoms with van der Waals surface area (Å²) in [6.07, 6.45) is 5.29. The third kappa shape index (κ3) is 2.75. The van der Waals surface area contributed by atoms with Crippen LogP contribution in [0.1, 0.15) is 52.8 Å². The van der Waals surface area contributed by atoms with Gasteiger partial charge in [-0.2, -0.15) is 0 Å². The van der Waals surface area contributed by atoms with E-state index in [0.717, 1.165) is 25.7 Å². The Morgan fingerprint density at radius 1 is 1.00 bits per heavy atom. The normalized spacial score (nSPS) is 16.8. The van der Waals surface area contributed by atoms with Crippen LogP contribution in [-0.2, 0) is 0 Å². The number of ketones is 1. The van der Waals surface area contributed by atoms with Crippen LogP contribution in [-0.4, -0.2) is 11.0 Å². The van der Waals surface area contributed by atoms with E-state index < -0.39 is 5.24 Å². The largest absolute Gasteiger partial charge is 0.294 e. The first-order chi connectivity index (χ1) is 8.20. The van der Waals surface area contributed by atoms with Crippen molar-refractivity contribution in [3.8, 4) is 0 Å². The maximum Gasteiger partial charge on any atom is 0.253 e. The highest BCUT2D eigenvalue weighted by atomic mass is 35.5. The minimum atomic E-state index is -0.551. The van der Waals surface area contributed by atoms with Gasteiger partial charge in [0.15, 0.2) is 5.78 Å². The highest BCUT2D eigenvalue weighted by Gasteiger charge is 2.25. The second-order valence-electron chi connectivity index (χ2n) is 4.52. The zero-order valence-electron chi connectivity index (χ0n) is 9.62. The number of hydrogen-bond acceptors (Lipinski definition) is 2. The Morgan fingerprint density at radius 2 is 1.59 bits per heavy atom. The molecule has 1 aliphatic carbocycles. The lowest BCUT2D eigenvalue weighted by atomic mass is 9.83. The Bertz CT molecular complexity index is 434. The number of carbonyl (C=O) groups excluding carboxylic acids is 2. The van der Waals surface area contributed by atoms with Crippen molar-refractivity contribution in [1.29, 1.82) is 0 Å². The Kier molecular flexibility index (Phi) is 3.95. The van der Waals surface area contributed by atoms with Crippen LogP contribution in [0, 0.1) is 5.92 Å². The van der Waals surface area contributed by atoms with Crippen LogP contribution in [0.4, 0.5) is 0 Å². The van der Waals surface area contributed by atoms with Gasteiger partial charge in [0.2, 0.25) is 0 Å². The van der Waals surface area contributed by atoms with Crippen LogP contribution < -0.4 is 0 Å². The fourth-order valence-corrected chi connectivity index (χ4v) is 2.62. The molecule has 2 rings (SSSR count). The molecule has 0 bridgehead atoms. The molecular weight excluding hydrogens is 236 g/mol. The van der Waals surface area contributed by atoms with Gasteiger partial charge in [-0.1, -0.05) is 37.5 Å². The first kappa shape index (κ1) is 12.3. The zero-order chi connectivity index (χ0) is 12.3. The Hall–Kier alpha value is -1.15. The van der Waals surface area contributed by atoms with Gasteiger partial charge in [-0.05, 0) is 30.5 Å². The molecule has 1 fully saturated rings. The summed E-state index contributed by atoms with van der Waals surface area (Å²) in [5.74, 6) is 0.148. The van der Waals surface area contributed by atoms with Gasteiger partial charge in [0.25, 0.3) is 5.24 Å². The van der Waals surface area contributed by atoms with Crippen molar-refractivity contribution in [3.63, 3.8) is 0 Å². The number of halogens is 1. The van der Waals surface area contributed by atoms with Gasteiger partial charge in [0, 0.05) is 17.0 Å². The third-order valence-corrected chi connectivity index (χ3v) is 3.58. The molecule has 0 atom stereocenters. The molecule has 0 radical (unpaired) electrons. The zero-order valence-corrected chi connectivity index (χ0v) is 10.4. The van der Waals surface area contributed by atoms with Gasteiger partial charge in [0.1, 0.15) is 0 Å². The SMILES string of the molecule is O=C(Cl)c1ccccc1C(=O)C1CCCCC1. The summed E-state index contributed by atoms with van der Waals surface area (Å²) in [4.78, 5) is 23.6. The van der Waals surface area contributed by atoms with Crippen molar-refractivity contribution in [3.05, 3.63) is 35.4 Å². The van der Waals surface area contributed by atoms with Crippen LogP contribution >= 0.6 is 11.6 Å². The van der Waals surface area contributed by atoms with Crippen LogP contribution in [0.3, 0.4) is 0 Å². The minimum absolute atomic E-state index is 0.0703. The van der Waals surface area contributed by atoms with E-state index >= 15 is 0 Å². The molecule has 0 N–H and O–H groups in total. The van der Waals surface area contributed by atoms with E-state index in [0.29, 0.717) is 11.1 Å². The maximum absolute atomic E-state index is 12.3. The summed E-state index contributed by atoms with van der Waals surface area (Å²) in [7, 11) is 0. The van der Waals surface area contributed by atoms with Gasteiger partial charge in [-0.25, -0.2) is 0 Å². The summed E-state index contributed by atoms with van der Waals surface area (Å²) in [5, 5.41) is -0.551. The van der Waals surface area contributed by atoms with E-state index in [4.69, 9.17) is 11.6 Å². The lowest BCUT2D eigenvalue weighted by Gasteiger charge is -2.20. The molecule has 2 nitrogen and oxygen atoms in total. The lowest BCUT2D eigenvalue weighted by Crippen LogP contribution is -2.19. The van der Waals surface area contributed by atoms with E-state index in [-0.39, 0.29) is 11.7 Å². The van der Waals surface area contributed by atoms with E-state index in [1.54, 1.807) is 24.3 Å². The number of carbonyl (C=O) groups is 2. The Balaban J connectivity index is 2.26. The van der Waals surface area contributed by atoms with Gasteiger partial charge in [-0.15, -0.1) is 0 Å². The lowest BCUT2D eigenvalue weighted by molar-refractivity contribution is 0.0884. The van der Waals surface area contributed by atoms with Gasteiger partial charge < -0.3 is 0 Å². The van der Waals surface area contributed by atoms with Crippen molar-refractivity contribution < 1.29 is 9.59 Å². The van der Waals surface area contributed by atoms with Crippen LogP contribution in [0.15, 0.2) is 24.3 Å². The van der Waals surface area contributed by atoms with E-state index in [1.807, 2.05) is 0 Å². The molecule has 0 aliphatic heterocycles. The summed E-state index contributed by atoms with van der Waals surface area (Å²) in [5.41, 5.74) is 0.823. The molecule has 1 saturated carbocycles. The van der Waals surface area contributed by atoms with Crippen molar-refractivity contribution in [2.45, 2.75) is 32.1 Å². The van der Waals surface area contributed by atoms with Gasteiger partial charge in [0.05, 0.1) is 0 Å². The van der Waals surface area contributed by atoms with Crippen LogP contribution in [0.5, 0.6) is 0 Å². The summed E-state index contributed by atoms with van der Waals surface area (Å²) < 4.78 is 0. The first-order valence-corrected chi connectivity index (χ1v) is 6.41. The predicted molar refractivity (Wildman–Crippen MR) is 67.5 cm³/mol. The van der Waals surface area contributed by atoms with E-state index in [9.17, 15) is 9.59 Å². The standard InChI is InChI=1S/C14H15ClO2/c15-14(17)12-9-5-4-8-11(12)13(16)10-6-2-1-3-7-10/h4-5,8-10H,1-3,6-7H2.